The molecule has 0 bridgehead atoms. The zero-order chi connectivity index (χ0) is 15.0. The molecule has 1 fully saturated rings. The van der Waals surface area contributed by atoms with E-state index in [-0.39, 0.29) is 11.6 Å². The summed E-state index contributed by atoms with van der Waals surface area (Å²) in [7, 11) is 0. The van der Waals surface area contributed by atoms with Crippen molar-refractivity contribution in [2.24, 2.45) is 0 Å². The second-order valence-electron chi connectivity index (χ2n) is 6.01. The van der Waals surface area contributed by atoms with Crippen LogP contribution in [0.5, 0.6) is 0 Å². The lowest BCUT2D eigenvalue weighted by Gasteiger charge is -2.28. The van der Waals surface area contributed by atoms with E-state index in [0.29, 0.717) is 16.5 Å². The smallest absolute Gasteiger partial charge is 0.342 e. The number of nitrogens with one attached hydrogen (secondary N) is 1. The first-order chi connectivity index (χ1) is 9.17. The molecule has 4 nitrogen and oxygen atoms in total. The molecule has 8 heteroatoms. The fourth-order valence-electron chi connectivity index (χ4n) is 2.17. The van der Waals surface area contributed by atoms with Gasteiger partial charge in [0.15, 0.2) is 0 Å². The van der Waals surface area contributed by atoms with Crippen LogP contribution < -0.4 is 10.2 Å². The minimum atomic E-state index is -4.41. The predicted molar refractivity (Wildman–Crippen MR) is 73.0 cm³/mol. The number of aromatic nitrogens is 2. The average Bonchev–Trinajstić information content (AvgIpc) is 2.93. The Morgan fingerprint density at radius 2 is 2.00 bits per heavy atom. The van der Waals surface area contributed by atoms with E-state index in [1.807, 2.05) is 4.90 Å². The van der Waals surface area contributed by atoms with Crippen molar-refractivity contribution >= 4 is 16.5 Å². The molecule has 1 atom stereocenters. The number of hydrogen-bond acceptors (Lipinski definition) is 5. The van der Waals surface area contributed by atoms with E-state index in [1.54, 1.807) is 0 Å². The second kappa shape index (κ2) is 5.48. The summed E-state index contributed by atoms with van der Waals surface area (Å²) in [5.74, 6) is 0. The highest BCUT2D eigenvalue weighted by molar-refractivity contribution is 7.15. The Balaban J connectivity index is 2.05. The Morgan fingerprint density at radius 3 is 2.55 bits per heavy atom. The molecule has 20 heavy (non-hydrogen) atoms. The van der Waals surface area contributed by atoms with Crippen LogP contribution in [-0.4, -0.2) is 34.9 Å². The first-order valence-electron chi connectivity index (χ1n) is 6.59. The van der Waals surface area contributed by atoms with Crippen LogP contribution in [0.25, 0.3) is 0 Å². The van der Waals surface area contributed by atoms with Crippen LogP contribution in [0.1, 0.15) is 38.6 Å². The van der Waals surface area contributed by atoms with E-state index in [4.69, 9.17) is 0 Å². The van der Waals surface area contributed by atoms with Gasteiger partial charge in [-0.3, -0.25) is 0 Å². The highest BCUT2D eigenvalue weighted by atomic mass is 32.1. The van der Waals surface area contributed by atoms with Gasteiger partial charge >= 0.3 is 6.18 Å². The molecule has 1 aromatic rings. The van der Waals surface area contributed by atoms with Gasteiger partial charge in [0.2, 0.25) is 10.1 Å². The minimum absolute atomic E-state index is 0.00742. The lowest BCUT2D eigenvalue weighted by Crippen LogP contribution is -2.45. The van der Waals surface area contributed by atoms with E-state index in [1.165, 1.54) is 0 Å². The lowest BCUT2D eigenvalue weighted by atomic mass is 10.1. The number of alkyl halides is 3. The predicted octanol–water partition coefficient (Wildman–Crippen LogP) is 2.91. The fraction of sp³-hybridized carbons (Fsp3) is 0.833. The average molecular weight is 308 g/mol. The van der Waals surface area contributed by atoms with Crippen molar-refractivity contribution in [3.8, 4) is 0 Å². The summed E-state index contributed by atoms with van der Waals surface area (Å²) in [6.45, 7) is 7.68. The fourth-order valence-corrected chi connectivity index (χ4v) is 2.98. The van der Waals surface area contributed by atoms with Crippen molar-refractivity contribution in [3.05, 3.63) is 5.01 Å². The number of anilines is 1. The topological polar surface area (TPSA) is 41.0 Å². The molecule has 0 saturated carbocycles. The monoisotopic (exact) mass is 308 g/mol. The van der Waals surface area contributed by atoms with Gasteiger partial charge in [0.05, 0.1) is 0 Å². The van der Waals surface area contributed by atoms with Gasteiger partial charge in [0, 0.05) is 24.7 Å². The Bertz CT molecular complexity index is 452. The van der Waals surface area contributed by atoms with Crippen molar-refractivity contribution in [1.82, 2.24) is 15.5 Å². The summed E-state index contributed by atoms with van der Waals surface area (Å²) in [6, 6.07) is 0.184. The Hall–Kier alpha value is -0.890. The number of nitrogens with zero attached hydrogens (tertiary/aromatic N) is 3. The van der Waals surface area contributed by atoms with E-state index in [2.05, 4.69) is 36.3 Å². The summed E-state index contributed by atoms with van der Waals surface area (Å²) in [5, 5.41) is 9.85. The maximum absolute atomic E-state index is 12.6. The van der Waals surface area contributed by atoms with Crippen LogP contribution in [0, 0.1) is 0 Å². The standard InChI is InChI=1S/C12H19F3N4S/c1-11(2,3)16-7-8-5-4-6-19(8)10-18-17-9(20-10)12(13,14)15/h8,16H,4-7H2,1-3H3. The zero-order valence-corrected chi connectivity index (χ0v) is 12.6. The number of rotatable bonds is 3. The van der Waals surface area contributed by atoms with Crippen LogP contribution in [0.2, 0.25) is 0 Å². The Kier molecular flexibility index (Phi) is 4.24. The SMILES string of the molecule is CC(C)(C)NCC1CCCN1c1nnc(C(F)(F)F)s1. The van der Waals surface area contributed by atoms with E-state index in [0.717, 1.165) is 25.9 Å². The third kappa shape index (κ3) is 3.82. The van der Waals surface area contributed by atoms with E-state index < -0.39 is 11.2 Å². The maximum atomic E-state index is 12.6. The highest BCUT2D eigenvalue weighted by Crippen LogP contribution is 2.36. The van der Waals surface area contributed by atoms with Gasteiger partial charge < -0.3 is 10.2 Å². The highest BCUT2D eigenvalue weighted by Gasteiger charge is 2.37. The van der Waals surface area contributed by atoms with Crippen molar-refractivity contribution in [3.63, 3.8) is 0 Å². The van der Waals surface area contributed by atoms with Crippen LogP contribution in [0.4, 0.5) is 18.3 Å². The molecule has 0 spiro atoms. The van der Waals surface area contributed by atoms with Crippen LogP contribution in [0.3, 0.4) is 0 Å². The summed E-state index contributed by atoms with van der Waals surface area (Å²) < 4.78 is 37.7. The van der Waals surface area contributed by atoms with Gasteiger partial charge in [-0.05, 0) is 33.6 Å². The zero-order valence-electron chi connectivity index (χ0n) is 11.8. The van der Waals surface area contributed by atoms with Gasteiger partial charge in [0.25, 0.3) is 0 Å². The van der Waals surface area contributed by atoms with Crippen LogP contribution in [-0.2, 0) is 6.18 Å². The molecular formula is C12H19F3N4S. The van der Waals surface area contributed by atoms with Gasteiger partial charge in [-0.15, -0.1) is 10.2 Å². The van der Waals surface area contributed by atoms with Crippen LogP contribution >= 0.6 is 11.3 Å². The molecule has 1 saturated heterocycles. The van der Waals surface area contributed by atoms with Crippen LogP contribution in [0.15, 0.2) is 0 Å². The first-order valence-corrected chi connectivity index (χ1v) is 7.41. The van der Waals surface area contributed by atoms with Gasteiger partial charge in [-0.2, -0.15) is 13.2 Å². The van der Waals surface area contributed by atoms with Gasteiger partial charge in [0.1, 0.15) is 0 Å². The third-order valence-corrected chi connectivity index (χ3v) is 4.15. The first kappa shape index (κ1) is 15.5. The molecule has 0 amide bonds. The van der Waals surface area contributed by atoms with Crippen molar-refractivity contribution < 1.29 is 13.2 Å². The molecule has 2 heterocycles. The maximum Gasteiger partial charge on any atom is 0.445 e. The van der Waals surface area contributed by atoms with E-state index in [9.17, 15) is 13.2 Å². The largest absolute Gasteiger partial charge is 0.445 e. The van der Waals surface area contributed by atoms with Crippen molar-refractivity contribution in [2.45, 2.75) is 51.4 Å². The minimum Gasteiger partial charge on any atom is -0.342 e. The van der Waals surface area contributed by atoms with E-state index >= 15 is 0 Å². The molecule has 1 N–H and O–H groups in total. The summed E-state index contributed by atoms with van der Waals surface area (Å²) in [4.78, 5) is 1.94. The lowest BCUT2D eigenvalue weighted by molar-refractivity contribution is -0.138. The summed E-state index contributed by atoms with van der Waals surface area (Å²) >= 11 is 0.625. The second-order valence-corrected chi connectivity index (χ2v) is 6.96. The van der Waals surface area contributed by atoms with Crippen molar-refractivity contribution in [1.29, 1.82) is 0 Å². The molecule has 1 unspecified atom stereocenters. The molecule has 0 aromatic carbocycles. The quantitative estimate of drug-likeness (QED) is 0.932. The molecule has 1 aliphatic rings. The molecule has 2 rings (SSSR count). The number of hydrogen-bond donors (Lipinski definition) is 1. The Labute approximate surface area is 120 Å². The third-order valence-electron chi connectivity index (χ3n) is 3.15. The van der Waals surface area contributed by atoms with Gasteiger partial charge in [-0.1, -0.05) is 11.3 Å². The summed E-state index contributed by atoms with van der Waals surface area (Å²) in [6.07, 6.45) is -2.48. The normalized spacial score (nSPS) is 20.7. The molecule has 1 aromatic heterocycles. The molecular weight excluding hydrogens is 289 g/mol. The van der Waals surface area contributed by atoms with Gasteiger partial charge in [-0.25, -0.2) is 0 Å². The summed E-state index contributed by atoms with van der Waals surface area (Å²) in [5.41, 5.74) is -0.00742. The molecule has 1 aliphatic heterocycles. The number of halogens is 3. The molecule has 0 aliphatic carbocycles. The Morgan fingerprint density at radius 1 is 1.30 bits per heavy atom. The van der Waals surface area contributed by atoms with Crippen molar-refractivity contribution in [2.75, 3.05) is 18.0 Å². The molecule has 114 valence electrons. The molecule has 0 radical (unpaired) electrons.